The molecule has 4 aromatic rings. The van der Waals surface area contributed by atoms with Gasteiger partial charge in [-0.25, -0.2) is 4.79 Å². The fraction of sp³-hybridized carbons (Fsp3) is 0.242. The van der Waals surface area contributed by atoms with Crippen LogP contribution in [-0.4, -0.2) is 62.4 Å². The first-order valence-corrected chi connectivity index (χ1v) is 14.1. The van der Waals surface area contributed by atoms with Crippen LogP contribution in [0.5, 0.6) is 0 Å². The van der Waals surface area contributed by atoms with Crippen molar-refractivity contribution >= 4 is 17.7 Å². The largest absolute Gasteiger partial charge is 0.481 e. The molecule has 0 radical (unpaired) electrons. The van der Waals surface area contributed by atoms with E-state index in [0.29, 0.717) is 0 Å². The lowest BCUT2D eigenvalue weighted by Gasteiger charge is -2.37. The Labute approximate surface area is 256 Å². The summed E-state index contributed by atoms with van der Waals surface area (Å²) in [7, 11) is 0. The van der Waals surface area contributed by atoms with Gasteiger partial charge in [-0.1, -0.05) is 91.0 Å². The van der Waals surface area contributed by atoms with E-state index in [1.165, 1.54) is 0 Å². The van der Waals surface area contributed by atoms with Crippen LogP contribution < -0.4 is 11.2 Å². The van der Waals surface area contributed by atoms with Gasteiger partial charge in [0.25, 0.3) is 5.56 Å². The number of carboxylic acid groups (broad SMARTS) is 1. The number of ketones is 1. The number of carboxylic acids is 1. The normalized spacial score (nSPS) is 19.6. The number of esters is 1. The Balaban J connectivity index is 1.50. The predicted molar refractivity (Wildman–Crippen MR) is 158 cm³/mol. The van der Waals surface area contributed by atoms with E-state index in [-0.39, 0.29) is 6.61 Å². The van der Waals surface area contributed by atoms with Crippen LogP contribution in [-0.2, 0) is 34.2 Å². The number of aromatic nitrogens is 2. The highest BCUT2D eigenvalue weighted by molar-refractivity contribution is 6.03. The number of carbonyl (C=O) groups is 3. The van der Waals surface area contributed by atoms with Crippen LogP contribution >= 0.6 is 0 Å². The van der Waals surface area contributed by atoms with E-state index in [9.17, 15) is 29.1 Å². The summed E-state index contributed by atoms with van der Waals surface area (Å²) in [6.07, 6.45) is -6.31. The third-order valence-corrected chi connectivity index (χ3v) is 7.40. The van der Waals surface area contributed by atoms with E-state index in [1.807, 2.05) is 91.0 Å². The molecule has 12 nitrogen and oxygen atoms in total. The van der Waals surface area contributed by atoms with Gasteiger partial charge in [-0.05, 0) is 16.7 Å². The number of aliphatic hydroxyl groups excluding tert-OH is 1. The average Bonchev–Trinajstić information content (AvgIpc) is 3.32. The molecule has 0 amide bonds. The van der Waals surface area contributed by atoms with E-state index in [1.54, 1.807) is 0 Å². The Kier molecular flexibility index (Phi) is 9.48. The minimum Gasteiger partial charge on any atom is -0.481 e. The Morgan fingerprint density at radius 3 is 1.84 bits per heavy atom. The Bertz CT molecular complexity index is 1660. The molecule has 1 aliphatic rings. The summed E-state index contributed by atoms with van der Waals surface area (Å²) in [6.45, 7) is -0.263. The van der Waals surface area contributed by atoms with Crippen molar-refractivity contribution in [3.63, 3.8) is 0 Å². The molecular formula is C33H30N2O10. The number of aliphatic carboxylic acids is 1. The van der Waals surface area contributed by atoms with Crippen LogP contribution in [0.15, 0.2) is 113 Å². The molecule has 3 N–H and O–H groups in total. The number of benzene rings is 3. The maximum atomic E-state index is 12.7. The van der Waals surface area contributed by atoms with Gasteiger partial charge < -0.3 is 24.4 Å². The summed E-state index contributed by atoms with van der Waals surface area (Å²) in [6, 6.07) is 29.4. The van der Waals surface area contributed by atoms with Gasteiger partial charge in [-0.15, -0.1) is 0 Å². The minimum atomic E-state index is -1.56. The van der Waals surface area contributed by atoms with Crippen LogP contribution in [0.2, 0.25) is 0 Å². The molecule has 12 heteroatoms. The fourth-order valence-electron chi connectivity index (χ4n) is 5.40. The number of Topliss-reactive ketones (excluding diaryl/α,β-unsaturated/α-hetero) is 1. The highest BCUT2D eigenvalue weighted by Gasteiger charge is 2.49. The van der Waals surface area contributed by atoms with Gasteiger partial charge >= 0.3 is 17.6 Å². The van der Waals surface area contributed by atoms with Crippen LogP contribution in [0.3, 0.4) is 0 Å². The van der Waals surface area contributed by atoms with Gasteiger partial charge in [0, 0.05) is 12.3 Å². The smallest absolute Gasteiger partial charge is 0.330 e. The van der Waals surface area contributed by atoms with Crippen molar-refractivity contribution in [3.8, 4) is 0 Å². The zero-order valence-electron chi connectivity index (χ0n) is 23.9. The number of H-pyrrole nitrogens is 1. The molecule has 0 aliphatic carbocycles. The van der Waals surface area contributed by atoms with E-state index in [0.717, 1.165) is 33.5 Å². The summed E-state index contributed by atoms with van der Waals surface area (Å²) in [4.78, 5) is 62.0. The molecule has 45 heavy (non-hydrogen) atoms. The number of nitrogens with one attached hydrogen (secondary N) is 1. The fourth-order valence-corrected chi connectivity index (χ4v) is 5.40. The number of aromatic amines is 1. The molecule has 0 spiro atoms. The van der Waals surface area contributed by atoms with Crippen molar-refractivity contribution in [2.45, 2.75) is 43.0 Å². The third-order valence-electron chi connectivity index (χ3n) is 7.40. The number of rotatable bonds is 12. The highest BCUT2D eigenvalue weighted by Crippen LogP contribution is 2.42. The van der Waals surface area contributed by atoms with E-state index in [4.69, 9.17) is 19.3 Å². The number of carbonyl (C=O) groups excluding carboxylic acids is 2. The molecule has 4 atom stereocenters. The van der Waals surface area contributed by atoms with Gasteiger partial charge in [-0.3, -0.25) is 28.7 Å². The summed E-state index contributed by atoms with van der Waals surface area (Å²) in [5.41, 5.74) is -0.415. The lowest BCUT2D eigenvalue weighted by molar-refractivity contribution is -0.160. The number of nitrogens with zero attached hydrogens (tertiary/aromatic N) is 1. The monoisotopic (exact) mass is 614 g/mol. The van der Waals surface area contributed by atoms with Gasteiger partial charge in [0.1, 0.15) is 30.7 Å². The molecule has 1 saturated heterocycles. The zero-order valence-corrected chi connectivity index (χ0v) is 23.9. The first-order chi connectivity index (χ1) is 21.7. The molecule has 232 valence electrons. The quantitative estimate of drug-likeness (QED) is 0.122. The lowest BCUT2D eigenvalue weighted by Crippen LogP contribution is -2.42. The zero-order chi connectivity index (χ0) is 32.0. The van der Waals surface area contributed by atoms with Crippen molar-refractivity contribution in [2.24, 2.45) is 0 Å². The standard InChI is InChI=1S/C33H30N2O10/c36-24(18-27(38)39)19-28(40)45-30-29(41)25(44-31(30)35-17-16-26(37)34-32(35)42)20-43-33(21-10-4-1-5-11-21,22-12-6-2-7-13-22)23-14-8-3-9-15-23/h1-17,25,29-31,41H,18-20H2,(H,38,39)(H,34,37,42)/t25-,29-,30-,31-/m1/s1. The number of hydrogen-bond donors (Lipinski definition) is 3. The Hall–Kier alpha value is -5.17. The SMILES string of the molecule is O=C(O)CC(=O)CC(=O)O[C@@H]1[C@H](O)[C@@H](COC(c2ccccc2)(c2ccccc2)c2ccccc2)O[C@H]1n1ccc(=O)[nH]c1=O. The second-order valence-electron chi connectivity index (χ2n) is 10.4. The number of aliphatic hydroxyl groups is 1. The van der Waals surface area contributed by atoms with Gasteiger partial charge in [0.05, 0.1) is 6.61 Å². The first-order valence-electron chi connectivity index (χ1n) is 14.1. The predicted octanol–water partition coefficient (Wildman–Crippen LogP) is 2.15. The maximum absolute atomic E-state index is 12.7. The van der Waals surface area contributed by atoms with Gasteiger partial charge in [0.2, 0.25) is 0 Å². The van der Waals surface area contributed by atoms with Crippen molar-refractivity contribution in [3.05, 3.63) is 141 Å². The van der Waals surface area contributed by atoms with Crippen LogP contribution in [0, 0.1) is 0 Å². The van der Waals surface area contributed by atoms with Crippen molar-refractivity contribution in [1.82, 2.24) is 9.55 Å². The Morgan fingerprint density at radius 2 is 1.36 bits per heavy atom. The van der Waals surface area contributed by atoms with Crippen LogP contribution in [0.1, 0.15) is 35.8 Å². The van der Waals surface area contributed by atoms with Crippen LogP contribution in [0.4, 0.5) is 0 Å². The third kappa shape index (κ3) is 6.83. The molecule has 0 unspecified atom stereocenters. The van der Waals surface area contributed by atoms with Crippen molar-refractivity contribution in [1.29, 1.82) is 0 Å². The summed E-state index contributed by atoms with van der Waals surface area (Å²) >= 11 is 0. The van der Waals surface area contributed by atoms with E-state index < -0.39 is 72.0 Å². The molecule has 1 aromatic heterocycles. The Morgan fingerprint density at radius 1 is 0.822 bits per heavy atom. The number of hydrogen-bond acceptors (Lipinski definition) is 9. The lowest BCUT2D eigenvalue weighted by atomic mass is 9.80. The highest BCUT2D eigenvalue weighted by atomic mass is 16.6. The summed E-state index contributed by atoms with van der Waals surface area (Å²) in [5.74, 6) is -3.44. The van der Waals surface area contributed by atoms with Crippen LogP contribution in [0.25, 0.3) is 0 Å². The molecule has 0 bridgehead atoms. The van der Waals surface area contributed by atoms with E-state index >= 15 is 0 Å². The first kappa shape index (κ1) is 31.3. The second-order valence-corrected chi connectivity index (χ2v) is 10.4. The molecule has 1 fully saturated rings. The topological polar surface area (TPSA) is 174 Å². The average molecular weight is 615 g/mol. The molecule has 5 rings (SSSR count). The number of ether oxygens (including phenoxy) is 3. The molecule has 2 heterocycles. The molecule has 0 saturated carbocycles. The minimum absolute atomic E-state index is 0.263. The van der Waals surface area contributed by atoms with Gasteiger partial charge in [0.15, 0.2) is 18.1 Å². The van der Waals surface area contributed by atoms with Crippen molar-refractivity contribution in [2.75, 3.05) is 6.61 Å². The van der Waals surface area contributed by atoms with Crippen molar-refractivity contribution < 1.29 is 38.8 Å². The molecular weight excluding hydrogens is 584 g/mol. The summed E-state index contributed by atoms with van der Waals surface area (Å²) in [5, 5.41) is 20.3. The van der Waals surface area contributed by atoms with Gasteiger partial charge in [-0.2, -0.15) is 0 Å². The van der Waals surface area contributed by atoms with E-state index in [2.05, 4.69) is 4.98 Å². The molecule has 1 aliphatic heterocycles. The maximum Gasteiger partial charge on any atom is 0.330 e. The second kappa shape index (κ2) is 13.6. The summed E-state index contributed by atoms with van der Waals surface area (Å²) < 4.78 is 19.2. The molecule has 3 aromatic carbocycles.